The van der Waals surface area contributed by atoms with Gasteiger partial charge in [0.15, 0.2) is 12.4 Å². The maximum Gasteiger partial charge on any atom is 0.311 e. The summed E-state index contributed by atoms with van der Waals surface area (Å²) in [5.41, 5.74) is 8.33. The first-order chi connectivity index (χ1) is 15.4. The number of aromatic nitrogens is 3. The van der Waals surface area contributed by atoms with Crippen molar-refractivity contribution in [2.75, 3.05) is 22.5 Å². The van der Waals surface area contributed by atoms with E-state index in [0.29, 0.717) is 10.7 Å². The molecule has 1 aromatic heterocycles. The number of anilines is 4. The molecule has 2 aromatic carbocycles. The SMILES string of the molecule is Cc1ccc(N2CC(C(=O)OCc3nc(N)nc(Nc4ccc(Cl)cc4)n3)CC2=O)cc1. The minimum Gasteiger partial charge on any atom is -0.457 e. The number of hydrogen-bond acceptors (Lipinski definition) is 8. The second-order valence-corrected chi connectivity index (χ2v) is 7.85. The molecule has 0 bridgehead atoms. The number of amides is 1. The number of esters is 1. The van der Waals surface area contributed by atoms with Crippen molar-refractivity contribution < 1.29 is 14.3 Å². The molecule has 1 aliphatic heterocycles. The van der Waals surface area contributed by atoms with Gasteiger partial charge in [-0.2, -0.15) is 15.0 Å². The first-order valence-corrected chi connectivity index (χ1v) is 10.3. The second-order valence-electron chi connectivity index (χ2n) is 7.41. The Hall–Kier alpha value is -3.72. The van der Waals surface area contributed by atoms with Crippen molar-refractivity contribution in [1.82, 2.24) is 15.0 Å². The summed E-state index contributed by atoms with van der Waals surface area (Å²) in [6.07, 6.45) is 0.0927. The minimum atomic E-state index is -0.561. The molecule has 164 valence electrons. The number of nitrogens with zero attached hydrogens (tertiary/aromatic N) is 4. The number of carbonyl (C=O) groups excluding carboxylic acids is 2. The summed E-state index contributed by atoms with van der Waals surface area (Å²) in [5, 5.41) is 3.60. The summed E-state index contributed by atoms with van der Waals surface area (Å²) in [4.78, 5) is 38.8. The van der Waals surface area contributed by atoms with Gasteiger partial charge in [0.25, 0.3) is 0 Å². The Morgan fingerprint density at radius 2 is 1.88 bits per heavy atom. The summed E-state index contributed by atoms with van der Waals surface area (Å²) < 4.78 is 5.37. The van der Waals surface area contributed by atoms with Crippen LogP contribution in [0.4, 0.5) is 23.3 Å². The zero-order valence-corrected chi connectivity index (χ0v) is 18.0. The molecule has 0 radical (unpaired) electrons. The number of carbonyl (C=O) groups is 2. The predicted octanol–water partition coefficient (Wildman–Crippen LogP) is 3.26. The van der Waals surface area contributed by atoms with E-state index < -0.39 is 11.9 Å². The lowest BCUT2D eigenvalue weighted by Gasteiger charge is -2.16. The molecule has 2 heterocycles. The van der Waals surface area contributed by atoms with Crippen molar-refractivity contribution in [1.29, 1.82) is 0 Å². The van der Waals surface area contributed by atoms with Crippen molar-refractivity contribution in [2.24, 2.45) is 5.92 Å². The quantitative estimate of drug-likeness (QED) is 0.546. The van der Waals surface area contributed by atoms with Crippen molar-refractivity contribution >= 4 is 46.7 Å². The van der Waals surface area contributed by atoms with E-state index >= 15 is 0 Å². The van der Waals surface area contributed by atoms with E-state index in [-0.39, 0.29) is 43.2 Å². The number of hydrogen-bond donors (Lipinski definition) is 2. The third-order valence-corrected chi connectivity index (χ3v) is 5.20. The molecule has 1 fully saturated rings. The van der Waals surface area contributed by atoms with Crippen LogP contribution in [0.5, 0.6) is 0 Å². The Labute approximate surface area is 189 Å². The fourth-order valence-corrected chi connectivity index (χ4v) is 3.44. The van der Waals surface area contributed by atoms with Gasteiger partial charge in [0, 0.05) is 29.4 Å². The molecule has 4 rings (SSSR count). The van der Waals surface area contributed by atoms with E-state index in [1.54, 1.807) is 29.2 Å². The average Bonchev–Trinajstić information content (AvgIpc) is 3.15. The first kappa shape index (κ1) is 21.5. The molecular formula is C22H21ClN6O3. The van der Waals surface area contributed by atoms with Gasteiger partial charge in [-0.15, -0.1) is 0 Å². The van der Waals surface area contributed by atoms with Crippen LogP contribution in [0.25, 0.3) is 0 Å². The number of ether oxygens (including phenoxy) is 1. The highest BCUT2D eigenvalue weighted by Gasteiger charge is 2.36. The molecule has 0 aliphatic carbocycles. The fraction of sp³-hybridized carbons (Fsp3) is 0.227. The highest BCUT2D eigenvalue weighted by molar-refractivity contribution is 6.30. The van der Waals surface area contributed by atoms with Gasteiger partial charge >= 0.3 is 5.97 Å². The van der Waals surface area contributed by atoms with E-state index in [1.165, 1.54) is 0 Å². The molecule has 3 N–H and O–H groups in total. The number of nitrogens with two attached hydrogens (primary N) is 1. The Morgan fingerprint density at radius 1 is 1.16 bits per heavy atom. The minimum absolute atomic E-state index is 0.0101. The average molecular weight is 453 g/mol. The van der Waals surface area contributed by atoms with E-state index in [0.717, 1.165) is 11.3 Å². The van der Waals surface area contributed by atoms with E-state index in [4.69, 9.17) is 22.1 Å². The van der Waals surface area contributed by atoms with Crippen LogP contribution in [0, 0.1) is 12.8 Å². The number of halogens is 1. The number of rotatable bonds is 6. The van der Waals surface area contributed by atoms with E-state index in [9.17, 15) is 9.59 Å². The van der Waals surface area contributed by atoms with Gasteiger partial charge in [-0.25, -0.2) is 0 Å². The zero-order chi connectivity index (χ0) is 22.7. The number of aryl methyl sites for hydroxylation is 1. The highest BCUT2D eigenvalue weighted by atomic mass is 35.5. The number of benzene rings is 2. The lowest BCUT2D eigenvalue weighted by Crippen LogP contribution is -2.26. The Balaban J connectivity index is 1.37. The van der Waals surface area contributed by atoms with Gasteiger partial charge in [-0.05, 0) is 43.3 Å². The number of nitrogen functional groups attached to an aromatic ring is 1. The molecule has 9 nitrogen and oxygen atoms in total. The topological polar surface area (TPSA) is 123 Å². The van der Waals surface area contributed by atoms with Gasteiger partial charge in [0.05, 0.1) is 5.92 Å². The normalized spacial score (nSPS) is 15.6. The van der Waals surface area contributed by atoms with Crippen molar-refractivity contribution in [3.05, 3.63) is 64.9 Å². The van der Waals surface area contributed by atoms with Crippen LogP contribution in [-0.2, 0) is 20.9 Å². The zero-order valence-electron chi connectivity index (χ0n) is 17.3. The predicted molar refractivity (Wildman–Crippen MR) is 120 cm³/mol. The van der Waals surface area contributed by atoms with Crippen LogP contribution in [0.15, 0.2) is 48.5 Å². The molecule has 0 saturated carbocycles. The maximum atomic E-state index is 12.6. The monoisotopic (exact) mass is 452 g/mol. The Bertz CT molecular complexity index is 1140. The van der Waals surface area contributed by atoms with Gasteiger partial charge < -0.3 is 20.7 Å². The fourth-order valence-electron chi connectivity index (χ4n) is 3.31. The van der Waals surface area contributed by atoms with E-state index in [1.807, 2.05) is 31.2 Å². The van der Waals surface area contributed by atoms with Crippen LogP contribution < -0.4 is 16.0 Å². The lowest BCUT2D eigenvalue weighted by atomic mass is 10.1. The largest absolute Gasteiger partial charge is 0.457 e. The lowest BCUT2D eigenvalue weighted by molar-refractivity contribution is -0.149. The summed E-state index contributed by atoms with van der Waals surface area (Å²) in [6.45, 7) is 2.06. The van der Waals surface area contributed by atoms with Crippen LogP contribution in [0.3, 0.4) is 0 Å². The molecule has 10 heteroatoms. The van der Waals surface area contributed by atoms with Crippen LogP contribution >= 0.6 is 11.6 Å². The summed E-state index contributed by atoms with van der Waals surface area (Å²) in [5.74, 6) is -0.762. The molecule has 1 amide bonds. The maximum absolute atomic E-state index is 12.6. The van der Waals surface area contributed by atoms with Gasteiger partial charge in [-0.3, -0.25) is 9.59 Å². The molecule has 1 aliphatic rings. The summed E-state index contributed by atoms with van der Waals surface area (Å²) >= 11 is 5.89. The van der Waals surface area contributed by atoms with Gasteiger partial charge in [0.1, 0.15) is 0 Å². The molecule has 0 spiro atoms. The Morgan fingerprint density at radius 3 is 2.59 bits per heavy atom. The van der Waals surface area contributed by atoms with Crippen molar-refractivity contribution in [2.45, 2.75) is 20.0 Å². The standard InChI is InChI=1S/C22H21ClN6O3/c1-13-2-8-17(9-3-13)29-11-14(10-19(29)30)20(31)32-12-18-26-21(24)28-22(27-18)25-16-6-4-15(23)5-7-16/h2-9,14H,10-12H2,1H3,(H3,24,25,26,27,28). The van der Waals surface area contributed by atoms with Gasteiger partial charge in [-0.1, -0.05) is 29.3 Å². The van der Waals surface area contributed by atoms with Crippen LogP contribution in [0.1, 0.15) is 17.8 Å². The Kier molecular flexibility index (Phi) is 6.18. The second kappa shape index (κ2) is 9.19. The molecular weight excluding hydrogens is 432 g/mol. The molecule has 1 unspecified atom stereocenters. The molecule has 1 saturated heterocycles. The van der Waals surface area contributed by atoms with E-state index in [2.05, 4.69) is 20.3 Å². The number of nitrogens with one attached hydrogen (secondary N) is 1. The highest BCUT2D eigenvalue weighted by Crippen LogP contribution is 2.26. The summed E-state index contributed by atoms with van der Waals surface area (Å²) in [6, 6.07) is 14.6. The van der Waals surface area contributed by atoms with Crippen LogP contribution in [-0.4, -0.2) is 33.4 Å². The third kappa shape index (κ3) is 5.12. The first-order valence-electron chi connectivity index (χ1n) is 9.94. The summed E-state index contributed by atoms with van der Waals surface area (Å²) in [7, 11) is 0. The molecule has 1 atom stereocenters. The van der Waals surface area contributed by atoms with Gasteiger partial charge in [0.2, 0.25) is 17.8 Å². The van der Waals surface area contributed by atoms with Crippen molar-refractivity contribution in [3.8, 4) is 0 Å². The third-order valence-electron chi connectivity index (χ3n) is 4.95. The smallest absolute Gasteiger partial charge is 0.311 e. The molecule has 3 aromatic rings. The van der Waals surface area contributed by atoms with Crippen LogP contribution in [0.2, 0.25) is 5.02 Å². The molecule has 32 heavy (non-hydrogen) atoms. The van der Waals surface area contributed by atoms with Crippen molar-refractivity contribution in [3.63, 3.8) is 0 Å².